The van der Waals surface area contributed by atoms with E-state index in [0.717, 1.165) is 43.9 Å². The van der Waals surface area contributed by atoms with Crippen LogP contribution in [0.5, 0.6) is 0 Å². The first-order valence-corrected chi connectivity index (χ1v) is 5.91. The summed E-state index contributed by atoms with van der Waals surface area (Å²) in [6.45, 7) is 3.80. The molecular formula is C12H18N4O. The Morgan fingerprint density at radius 1 is 1.35 bits per heavy atom. The molecule has 0 bridgehead atoms. The standard InChI is InChI=1S/C12H18N4O/c1-10-7-13-12(14-8-10)16-5-3-11(4-6-16)15(2)9-17/h7-9,11H,3-6H2,1-2H3. The summed E-state index contributed by atoms with van der Waals surface area (Å²) in [4.78, 5) is 23.3. The lowest BCUT2D eigenvalue weighted by Crippen LogP contribution is -2.43. The van der Waals surface area contributed by atoms with Gasteiger partial charge in [0, 0.05) is 38.6 Å². The van der Waals surface area contributed by atoms with Crippen LogP contribution in [0.25, 0.3) is 0 Å². The molecule has 1 aromatic heterocycles. The van der Waals surface area contributed by atoms with E-state index in [4.69, 9.17) is 0 Å². The molecule has 5 heteroatoms. The van der Waals surface area contributed by atoms with Gasteiger partial charge in [-0.25, -0.2) is 9.97 Å². The van der Waals surface area contributed by atoms with E-state index < -0.39 is 0 Å². The highest BCUT2D eigenvalue weighted by Crippen LogP contribution is 2.18. The number of anilines is 1. The summed E-state index contributed by atoms with van der Waals surface area (Å²) >= 11 is 0. The Kier molecular flexibility index (Phi) is 3.56. The van der Waals surface area contributed by atoms with E-state index in [1.807, 2.05) is 26.4 Å². The highest BCUT2D eigenvalue weighted by molar-refractivity contribution is 5.47. The molecule has 1 aliphatic heterocycles. The van der Waals surface area contributed by atoms with Crippen LogP contribution in [0.3, 0.4) is 0 Å². The number of piperidine rings is 1. The predicted molar refractivity (Wildman–Crippen MR) is 65.8 cm³/mol. The topological polar surface area (TPSA) is 49.3 Å². The summed E-state index contributed by atoms with van der Waals surface area (Å²) < 4.78 is 0. The average Bonchev–Trinajstić information content (AvgIpc) is 2.39. The first-order chi connectivity index (χ1) is 8.20. The van der Waals surface area contributed by atoms with Crippen molar-refractivity contribution < 1.29 is 4.79 Å². The van der Waals surface area contributed by atoms with Crippen LogP contribution in [0.4, 0.5) is 5.95 Å². The summed E-state index contributed by atoms with van der Waals surface area (Å²) in [6.07, 6.45) is 6.54. The van der Waals surface area contributed by atoms with Gasteiger partial charge in [-0.15, -0.1) is 0 Å². The number of aryl methyl sites for hydroxylation is 1. The molecular weight excluding hydrogens is 216 g/mol. The Morgan fingerprint density at radius 3 is 2.47 bits per heavy atom. The Morgan fingerprint density at radius 2 is 1.94 bits per heavy atom. The number of hydrogen-bond donors (Lipinski definition) is 0. The highest BCUT2D eigenvalue weighted by atomic mass is 16.1. The van der Waals surface area contributed by atoms with Crippen LogP contribution in [0.1, 0.15) is 18.4 Å². The summed E-state index contributed by atoms with van der Waals surface area (Å²) in [7, 11) is 1.84. The van der Waals surface area contributed by atoms with Gasteiger partial charge < -0.3 is 9.80 Å². The number of carbonyl (C=O) groups excluding carboxylic acids is 1. The highest BCUT2D eigenvalue weighted by Gasteiger charge is 2.22. The number of aromatic nitrogens is 2. The molecule has 1 fully saturated rings. The van der Waals surface area contributed by atoms with Crippen molar-refractivity contribution in [3.8, 4) is 0 Å². The Hall–Kier alpha value is -1.65. The molecule has 0 spiro atoms. The maximum Gasteiger partial charge on any atom is 0.225 e. The molecule has 0 saturated carbocycles. The van der Waals surface area contributed by atoms with Gasteiger partial charge in [0.05, 0.1) is 0 Å². The van der Waals surface area contributed by atoms with E-state index in [9.17, 15) is 4.79 Å². The minimum atomic E-state index is 0.356. The summed E-state index contributed by atoms with van der Waals surface area (Å²) in [6, 6.07) is 0.356. The molecule has 0 atom stereocenters. The van der Waals surface area contributed by atoms with Crippen LogP contribution >= 0.6 is 0 Å². The van der Waals surface area contributed by atoms with E-state index in [1.165, 1.54) is 0 Å². The van der Waals surface area contributed by atoms with Crippen LogP contribution < -0.4 is 4.90 Å². The van der Waals surface area contributed by atoms with Gasteiger partial charge >= 0.3 is 0 Å². The molecule has 0 aliphatic carbocycles. The zero-order valence-electron chi connectivity index (χ0n) is 10.3. The lowest BCUT2D eigenvalue weighted by molar-refractivity contribution is -0.119. The fourth-order valence-corrected chi connectivity index (χ4v) is 2.11. The van der Waals surface area contributed by atoms with Gasteiger partial charge in [0.25, 0.3) is 0 Å². The maximum atomic E-state index is 10.7. The molecule has 1 aliphatic rings. The molecule has 1 aromatic rings. The number of nitrogens with zero attached hydrogens (tertiary/aromatic N) is 4. The van der Waals surface area contributed by atoms with Crippen molar-refractivity contribution in [3.63, 3.8) is 0 Å². The molecule has 0 N–H and O–H groups in total. The van der Waals surface area contributed by atoms with Crippen molar-refractivity contribution >= 4 is 12.4 Å². The molecule has 92 valence electrons. The smallest absolute Gasteiger partial charge is 0.225 e. The first-order valence-electron chi connectivity index (χ1n) is 5.91. The van der Waals surface area contributed by atoms with E-state index >= 15 is 0 Å². The summed E-state index contributed by atoms with van der Waals surface area (Å²) in [5.41, 5.74) is 1.07. The second-order valence-corrected chi connectivity index (χ2v) is 4.55. The molecule has 0 radical (unpaired) electrons. The van der Waals surface area contributed by atoms with Crippen molar-refractivity contribution in [2.45, 2.75) is 25.8 Å². The molecule has 0 unspecified atom stereocenters. The van der Waals surface area contributed by atoms with Gasteiger partial charge in [-0.05, 0) is 25.3 Å². The predicted octanol–water partition coefficient (Wildman–Crippen LogP) is 0.842. The second-order valence-electron chi connectivity index (χ2n) is 4.55. The summed E-state index contributed by atoms with van der Waals surface area (Å²) in [5, 5.41) is 0. The van der Waals surface area contributed by atoms with Crippen molar-refractivity contribution in [1.29, 1.82) is 0 Å². The van der Waals surface area contributed by atoms with Gasteiger partial charge in [0.1, 0.15) is 0 Å². The summed E-state index contributed by atoms with van der Waals surface area (Å²) in [5.74, 6) is 0.794. The van der Waals surface area contributed by atoms with Gasteiger partial charge in [-0.1, -0.05) is 0 Å². The number of hydrogen-bond acceptors (Lipinski definition) is 4. The number of carbonyl (C=O) groups is 1. The quantitative estimate of drug-likeness (QED) is 0.727. The lowest BCUT2D eigenvalue weighted by Gasteiger charge is -2.35. The Bertz CT molecular complexity index is 371. The molecule has 17 heavy (non-hydrogen) atoms. The molecule has 0 aromatic carbocycles. The lowest BCUT2D eigenvalue weighted by atomic mass is 10.0. The fraction of sp³-hybridized carbons (Fsp3) is 0.583. The first kappa shape index (κ1) is 11.8. The maximum absolute atomic E-state index is 10.7. The minimum Gasteiger partial charge on any atom is -0.345 e. The van der Waals surface area contributed by atoms with Gasteiger partial charge in [-0.2, -0.15) is 0 Å². The van der Waals surface area contributed by atoms with Gasteiger partial charge in [0.2, 0.25) is 12.4 Å². The molecule has 5 nitrogen and oxygen atoms in total. The minimum absolute atomic E-state index is 0.356. The third-order valence-corrected chi connectivity index (χ3v) is 3.26. The largest absolute Gasteiger partial charge is 0.345 e. The molecule has 1 amide bonds. The third kappa shape index (κ3) is 2.72. The van der Waals surface area contributed by atoms with Crippen LogP contribution in [0.15, 0.2) is 12.4 Å². The van der Waals surface area contributed by atoms with Crippen LogP contribution in [-0.2, 0) is 4.79 Å². The van der Waals surface area contributed by atoms with Gasteiger partial charge in [0.15, 0.2) is 0 Å². The third-order valence-electron chi connectivity index (χ3n) is 3.26. The number of amides is 1. The van der Waals surface area contributed by atoms with Crippen molar-refractivity contribution in [2.24, 2.45) is 0 Å². The molecule has 2 rings (SSSR count). The van der Waals surface area contributed by atoms with E-state index in [-0.39, 0.29) is 0 Å². The van der Waals surface area contributed by atoms with Crippen LogP contribution in [0, 0.1) is 6.92 Å². The molecule has 1 saturated heterocycles. The zero-order chi connectivity index (χ0) is 12.3. The zero-order valence-corrected chi connectivity index (χ0v) is 10.3. The Labute approximate surface area is 101 Å². The normalized spacial score (nSPS) is 16.9. The molecule has 2 heterocycles. The number of rotatable bonds is 3. The van der Waals surface area contributed by atoms with Crippen molar-refractivity contribution in [2.75, 3.05) is 25.0 Å². The van der Waals surface area contributed by atoms with E-state index in [2.05, 4.69) is 14.9 Å². The second kappa shape index (κ2) is 5.12. The van der Waals surface area contributed by atoms with Crippen molar-refractivity contribution in [3.05, 3.63) is 18.0 Å². The SMILES string of the molecule is Cc1cnc(N2CCC(N(C)C=O)CC2)nc1. The van der Waals surface area contributed by atoms with Crippen LogP contribution in [0.2, 0.25) is 0 Å². The van der Waals surface area contributed by atoms with E-state index in [0.29, 0.717) is 6.04 Å². The fourth-order valence-electron chi connectivity index (χ4n) is 2.11. The monoisotopic (exact) mass is 234 g/mol. The van der Waals surface area contributed by atoms with E-state index in [1.54, 1.807) is 4.90 Å². The average molecular weight is 234 g/mol. The van der Waals surface area contributed by atoms with Crippen molar-refractivity contribution in [1.82, 2.24) is 14.9 Å². The van der Waals surface area contributed by atoms with Crippen LogP contribution in [-0.4, -0.2) is 47.5 Å². The Balaban J connectivity index is 1.95. The van der Waals surface area contributed by atoms with Gasteiger partial charge in [-0.3, -0.25) is 4.79 Å².